The maximum Gasteiger partial charge on any atom is 0.273 e. The number of amides is 1. The molecule has 1 aromatic heterocycles. The second-order valence-corrected chi connectivity index (χ2v) is 3.79. The van der Waals surface area contributed by atoms with Crippen molar-refractivity contribution in [3.05, 3.63) is 10.0 Å². The number of anilines is 1. The van der Waals surface area contributed by atoms with Gasteiger partial charge in [-0.15, -0.1) is 0 Å². The maximum atomic E-state index is 10.9. The summed E-state index contributed by atoms with van der Waals surface area (Å²) in [5.41, 5.74) is 10.4. The summed E-state index contributed by atoms with van der Waals surface area (Å²) in [6.45, 7) is 0. The van der Waals surface area contributed by atoms with Crippen LogP contribution in [-0.4, -0.2) is 23.7 Å². The summed E-state index contributed by atoms with van der Waals surface area (Å²) in [5.74, 6) is -0.779. The second-order valence-electron chi connectivity index (χ2n) is 2.16. The van der Waals surface area contributed by atoms with Gasteiger partial charge in [0, 0.05) is 0 Å². The first kappa shape index (κ1) is 10.7. The summed E-state index contributed by atoms with van der Waals surface area (Å²) >= 11 is 6.78. The molecule has 0 radical (unpaired) electrons. The Morgan fingerprint density at radius 3 is 2.71 bits per heavy atom. The molecule has 0 aromatic carbocycles. The minimum atomic E-state index is -0.779. The van der Waals surface area contributed by atoms with E-state index in [4.69, 9.17) is 23.1 Å². The first-order chi connectivity index (χ1) is 6.56. The van der Waals surface area contributed by atoms with E-state index in [-0.39, 0.29) is 20.9 Å². The highest BCUT2D eigenvalue weighted by atomic mass is 35.5. The van der Waals surface area contributed by atoms with Crippen molar-refractivity contribution in [1.29, 1.82) is 0 Å². The molecular weight excluding hydrogens is 228 g/mol. The molecule has 0 saturated heterocycles. The van der Waals surface area contributed by atoms with Crippen LogP contribution in [0.1, 0.15) is 5.69 Å². The van der Waals surface area contributed by atoms with Gasteiger partial charge in [-0.25, -0.2) is 4.98 Å². The lowest BCUT2D eigenvalue weighted by Crippen LogP contribution is -2.25. The minimum Gasteiger partial charge on any atom is -0.398 e. The number of halogens is 1. The number of aromatic nitrogens is 1. The van der Waals surface area contributed by atoms with Gasteiger partial charge in [0.05, 0.1) is 0 Å². The van der Waals surface area contributed by atoms with Gasteiger partial charge in [-0.1, -0.05) is 28.1 Å². The molecule has 0 aliphatic carbocycles. The number of nitrogens with two attached hydrogens (primary N) is 2. The number of rotatable bonds is 3. The van der Waals surface area contributed by atoms with E-state index in [1.807, 2.05) is 0 Å². The van der Waals surface area contributed by atoms with E-state index in [1.165, 1.54) is 7.11 Å². The van der Waals surface area contributed by atoms with Crippen LogP contribution in [0, 0.1) is 0 Å². The lowest BCUT2D eigenvalue weighted by Gasteiger charge is -1.96. The highest BCUT2D eigenvalue weighted by molar-refractivity contribution is 7.19. The molecule has 1 aromatic rings. The Bertz CT molecular complexity index is 389. The number of carbonyl (C=O) groups is 1. The Hall–Kier alpha value is -1.34. The van der Waals surface area contributed by atoms with Crippen molar-refractivity contribution in [3.8, 4) is 0 Å². The number of hydrogen-bond acceptors (Lipinski definition) is 6. The number of hydrogen-bond donors (Lipinski definition) is 2. The highest BCUT2D eigenvalue weighted by Gasteiger charge is 2.19. The lowest BCUT2D eigenvalue weighted by atomic mass is 10.3. The third kappa shape index (κ3) is 2.12. The molecule has 4 N–H and O–H groups in total. The first-order valence-electron chi connectivity index (χ1n) is 3.39. The number of primary amides is 1. The number of nitrogens with zero attached hydrogens (tertiary/aromatic N) is 2. The lowest BCUT2D eigenvalue weighted by molar-refractivity contribution is -0.112. The molecule has 0 atom stereocenters. The molecule has 6 nitrogen and oxygen atoms in total. The Morgan fingerprint density at radius 1 is 1.71 bits per heavy atom. The topological polar surface area (TPSA) is 104 Å². The SMILES string of the molecule is CO/N=C(/C(N)=O)c1nc(N)sc1Cl. The highest BCUT2D eigenvalue weighted by Crippen LogP contribution is 2.26. The van der Waals surface area contributed by atoms with E-state index in [9.17, 15) is 4.79 Å². The molecule has 1 heterocycles. The molecule has 0 unspecified atom stereocenters. The van der Waals surface area contributed by atoms with Gasteiger partial charge in [-0.3, -0.25) is 4.79 Å². The van der Waals surface area contributed by atoms with Crippen molar-refractivity contribution in [1.82, 2.24) is 4.98 Å². The van der Waals surface area contributed by atoms with Crippen molar-refractivity contribution >= 4 is 39.7 Å². The smallest absolute Gasteiger partial charge is 0.273 e. The van der Waals surface area contributed by atoms with Crippen LogP contribution in [0.25, 0.3) is 0 Å². The predicted molar refractivity (Wildman–Crippen MR) is 54.3 cm³/mol. The van der Waals surface area contributed by atoms with Crippen molar-refractivity contribution < 1.29 is 9.63 Å². The average molecular weight is 235 g/mol. The number of carbonyl (C=O) groups excluding carboxylic acids is 1. The van der Waals surface area contributed by atoms with Gasteiger partial charge in [0.15, 0.2) is 10.8 Å². The van der Waals surface area contributed by atoms with Gasteiger partial charge in [0.25, 0.3) is 5.91 Å². The van der Waals surface area contributed by atoms with Crippen LogP contribution in [0.4, 0.5) is 5.13 Å². The summed E-state index contributed by atoms with van der Waals surface area (Å²) < 4.78 is 0.247. The third-order valence-corrected chi connectivity index (χ3v) is 2.33. The first-order valence-corrected chi connectivity index (χ1v) is 4.58. The van der Waals surface area contributed by atoms with Gasteiger partial charge in [0.2, 0.25) is 0 Å². The number of nitrogen functional groups attached to an aromatic ring is 1. The molecule has 14 heavy (non-hydrogen) atoms. The van der Waals surface area contributed by atoms with Gasteiger partial charge in [-0.05, 0) is 0 Å². The Kier molecular flexibility index (Phi) is 3.26. The van der Waals surface area contributed by atoms with Gasteiger partial charge in [0.1, 0.15) is 17.1 Å². The molecule has 0 saturated carbocycles. The van der Waals surface area contributed by atoms with E-state index < -0.39 is 5.91 Å². The van der Waals surface area contributed by atoms with E-state index in [2.05, 4.69) is 15.0 Å². The summed E-state index contributed by atoms with van der Waals surface area (Å²) in [6, 6.07) is 0. The van der Waals surface area contributed by atoms with Crippen LogP contribution >= 0.6 is 22.9 Å². The number of oxime groups is 1. The zero-order valence-corrected chi connectivity index (χ0v) is 8.72. The van der Waals surface area contributed by atoms with Crippen LogP contribution in [0.3, 0.4) is 0 Å². The van der Waals surface area contributed by atoms with Crippen LogP contribution in [-0.2, 0) is 9.63 Å². The second kappa shape index (κ2) is 4.25. The Balaban J connectivity index is 3.18. The molecule has 0 fully saturated rings. The Labute approximate surface area is 88.5 Å². The van der Waals surface area contributed by atoms with Crippen molar-refractivity contribution in [2.24, 2.45) is 10.9 Å². The molecule has 0 aliphatic heterocycles. The maximum absolute atomic E-state index is 10.9. The van der Waals surface area contributed by atoms with Gasteiger partial charge in [-0.2, -0.15) is 0 Å². The molecule has 76 valence electrons. The predicted octanol–water partition coefficient (Wildman–Crippen LogP) is 0.215. The fourth-order valence-corrected chi connectivity index (χ4v) is 1.69. The van der Waals surface area contributed by atoms with E-state index >= 15 is 0 Å². The van der Waals surface area contributed by atoms with Crippen LogP contribution in [0.15, 0.2) is 5.16 Å². The summed E-state index contributed by atoms with van der Waals surface area (Å²) in [5, 5.41) is 3.65. The zero-order valence-electron chi connectivity index (χ0n) is 7.15. The molecule has 1 rings (SSSR count). The monoisotopic (exact) mass is 234 g/mol. The largest absolute Gasteiger partial charge is 0.398 e. The molecule has 8 heteroatoms. The van der Waals surface area contributed by atoms with E-state index in [1.54, 1.807) is 0 Å². The quantitative estimate of drug-likeness (QED) is 0.576. The minimum absolute atomic E-state index is 0.142. The fraction of sp³-hybridized carbons (Fsp3) is 0.167. The van der Waals surface area contributed by atoms with E-state index in [0.717, 1.165) is 11.3 Å². The molecule has 0 spiro atoms. The summed E-state index contributed by atoms with van der Waals surface area (Å²) in [7, 11) is 1.28. The Morgan fingerprint density at radius 2 is 2.36 bits per heavy atom. The van der Waals surface area contributed by atoms with Gasteiger partial charge >= 0.3 is 0 Å². The average Bonchev–Trinajstić information content (AvgIpc) is 2.40. The van der Waals surface area contributed by atoms with Crippen LogP contribution < -0.4 is 11.5 Å². The fourth-order valence-electron chi connectivity index (χ4n) is 0.759. The summed E-state index contributed by atoms with van der Waals surface area (Å²) in [6.07, 6.45) is 0. The van der Waals surface area contributed by atoms with Crippen molar-refractivity contribution in [2.45, 2.75) is 0 Å². The van der Waals surface area contributed by atoms with E-state index in [0.29, 0.717) is 0 Å². The van der Waals surface area contributed by atoms with Crippen LogP contribution in [0.5, 0.6) is 0 Å². The van der Waals surface area contributed by atoms with Gasteiger partial charge < -0.3 is 16.3 Å². The zero-order chi connectivity index (χ0) is 10.7. The van der Waals surface area contributed by atoms with Crippen molar-refractivity contribution in [3.63, 3.8) is 0 Å². The standard InChI is InChI=1S/C6H7ClN4O2S/c1-13-11-3(5(8)12)2-4(7)14-6(9)10-2/h1H3,(H2,8,12)(H2,9,10)/b11-3+. The molecule has 0 aliphatic rings. The normalized spacial score (nSPS) is 11.4. The summed E-state index contributed by atoms with van der Waals surface area (Å²) in [4.78, 5) is 19.2. The van der Waals surface area contributed by atoms with Crippen molar-refractivity contribution in [2.75, 3.05) is 12.8 Å². The third-order valence-electron chi connectivity index (χ3n) is 1.24. The number of thiazole rings is 1. The molecule has 1 amide bonds. The van der Waals surface area contributed by atoms with Crippen LogP contribution in [0.2, 0.25) is 4.34 Å². The molecular formula is C6H7ClN4O2S. The molecule has 0 bridgehead atoms.